The van der Waals surface area contributed by atoms with E-state index < -0.39 is 29.3 Å². The first-order valence-electron chi connectivity index (χ1n) is 12.1. The molecule has 39 heavy (non-hydrogen) atoms. The fraction of sp³-hybridized carbons (Fsp3) is 0.400. The molecule has 2 heterocycles. The number of carbonyl (C=O) groups excluding carboxylic acids is 2. The highest BCUT2D eigenvalue weighted by molar-refractivity contribution is 5.95. The number of allylic oxidation sites excluding steroid dienone is 1. The summed E-state index contributed by atoms with van der Waals surface area (Å²) in [5.41, 5.74) is 0.0444. The van der Waals surface area contributed by atoms with Crippen molar-refractivity contribution in [3.63, 3.8) is 0 Å². The SMILES string of the molecule is C=NN(Cc1ccc(C(F)(F)F)cc1O)C(=O)/C(=C(/CC)NC)N1CCN(C(=O)c2ncnc(C)c2O)CC1. The van der Waals surface area contributed by atoms with Crippen molar-refractivity contribution in [2.45, 2.75) is 33.0 Å². The summed E-state index contributed by atoms with van der Waals surface area (Å²) in [5, 5.41) is 28.1. The van der Waals surface area contributed by atoms with Gasteiger partial charge in [0.05, 0.1) is 17.8 Å². The third-order valence-electron chi connectivity index (χ3n) is 6.37. The van der Waals surface area contributed by atoms with Gasteiger partial charge in [0, 0.05) is 51.2 Å². The third kappa shape index (κ3) is 6.38. The van der Waals surface area contributed by atoms with Gasteiger partial charge in [0.1, 0.15) is 17.8 Å². The van der Waals surface area contributed by atoms with E-state index in [0.717, 1.165) is 17.1 Å². The molecule has 0 bridgehead atoms. The Bertz CT molecular complexity index is 1270. The van der Waals surface area contributed by atoms with Crippen molar-refractivity contribution in [3.05, 3.63) is 58.4 Å². The molecule has 3 rings (SSSR count). The maximum atomic E-state index is 13.7. The van der Waals surface area contributed by atoms with E-state index in [2.05, 4.69) is 27.1 Å². The van der Waals surface area contributed by atoms with Gasteiger partial charge in [-0.3, -0.25) is 9.59 Å². The molecule has 1 aromatic carbocycles. The fourth-order valence-electron chi connectivity index (χ4n) is 4.17. The van der Waals surface area contributed by atoms with E-state index in [4.69, 9.17) is 0 Å². The number of piperazine rings is 1. The molecule has 210 valence electrons. The molecule has 0 unspecified atom stereocenters. The maximum Gasteiger partial charge on any atom is 0.416 e. The zero-order chi connectivity index (χ0) is 28.9. The molecule has 3 N–H and O–H groups in total. The molecule has 0 atom stereocenters. The van der Waals surface area contributed by atoms with Crippen molar-refractivity contribution in [2.75, 3.05) is 33.2 Å². The van der Waals surface area contributed by atoms with E-state index in [-0.39, 0.29) is 61.1 Å². The molecule has 2 aromatic rings. The number of carbonyl (C=O) groups is 2. The Morgan fingerprint density at radius 1 is 1.15 bits per heavy atom. The van der Waals surface area contributed by atoms with Crippen molar-refractivity contribution >= 4 is 18.5 Å². The molecular formula is C25H30F3N7O4. The average Bonchev–Trinajstić information content (AvgIpc) is 2.91. The molecule has 0 aliphatic carbocycles. The lowest BCUT2D eigenvalue weighted by molar-refractivity contribution is -0.137. The maximum absolute atomic E-state index is 13.7. The molecule has 1 aromatic heterocycles. The number of phenolic OH excluding ortho intramolecular Hbond substituents is 1. The highest BCUT2D eigenvalue weighted by Crippen LogP contribution is 2.33. The van der Waals surface area contributed by atoms with Gasteiger partial charge in [0.15, 0.2) is 11.4 Å². The molecule has 11 nitrogen and oxygen atoms in total. The fourth-order valence-corrected chi connectivity index (χ4v) is 4.17. The molecule has 0 spiro atoms. The minimum absolute atomic E-state index is 0.0565. The van der Waals surface area contributed by atoms with E-state index in [1.807, 2.05) is 6.92 Å². The minimum Gasteiger partial charge on any atom is -0.508 e. The van der Waals surface area contributed by atoms with Crippen molar-refractivity contribution in [2.24, 2.45) is 5.10 Å². The Morgan fingerprint density at radius 3 is 2.33 bits per heavy atom. The highest BCUT2D eigenvalue weighted by atomic mass is 19.4. The van der Waals surface area contributed by atoms with Crippen LogP contribution in [0.15, 0.2) is 41.0 Å². The average molecular weight is 550 g/mol. The van der Waals surface area contributed by atoms with E-state index in [1.54, 1.807) is 18.9 Å². The Hall–Kier alpha value is -4.36. The van der Waals surface area contributed by atoms with Crippen LogP contribution >= 0.6 is 0 Å². The molecule has 1 aliphatic heterocycles. The second-order valence-electron chi connectivity index (χ2n) is 8.71. The van der Waals surface area contributed by atoms with Gasteiger partial charge in [0.25, 0.3) is 11.8 Å². The number of nitrogens with one attached hydrogen (secondary N) is 1. The summed E-state index contributed by atoms with van der Waals surface area (Å²) < 4.78 is 38.9. The first kappa shape index (κ1) is 29.2. The van der Waals surface area contributed by atoms with Crippen molar-refractivity contribution in [1.29, 1.82) is 0 Å². The zero-order valence-electron chi connectivity index (χ0n) is 21.8. The van der Waals surface area contributed by atoms with Gasteiger partial charge in [-0.2, -0.15) is 18.3 Å². The van der Waals surface area contributed by atoms with Crippen LogP contribution in [0.1, 0.15) is 40.7 Å². The topological polar surface area (TPSA) is 134 Å². The van der Waals surface area contributed by atoms with Crippen molar-refractivity contribution in [1.82, 2.24) is 30.1 Å². The Labute approximate surface area is 223 Å². The second-order valence-corrected chi connectivity index (χ2v) is 8.71. The van der Waals surface area contributed by atoms with Crippen LogP contribution in [0.5, 0.6) is 11.5 Å². The summed E-state index contributed by atoms with van der Waals surface area (Å²) >= 11 is 0. The van der Waals surface area contributed by atoms with E-state index in [0.29, 0.717) is 18.2 Å². The van der Waals surface area contributed by atoms with Gasteiger partial charge < -0.3 is 25.3 Å². The van der Waals surface area contributed by atoms with Gasteiger partial charge >= 0.3 is 6.18 Å². The summed E-state index contributed by atoms with van der Waals surface area (Å²) in [5.74, 6) is -1.97. The molecule has 14 heteroatoms. The molecule has 1 fully saturated rings. The summed E-state index contributed by atoms with van der Waals surface area (Å²) in [7, 11) is 1.65. The largest absolute Gasteiger partial charge is 0.508 e. The summed E-state index contributed by atoms with van der Waals surface area (Å²) in [6.45, 7) is 7.48. The Morgan fingerprint density at radius 2 is 1.79 bits per heavy atom. The number of alkyl halides is 3. The number of aryl methyl sites for hydroxylation is 1. The van der Waals surface area contributed by atoms with Gasteiger partial charge in [-0.15, -0.1) is 0 Å². The predicted octanol–water partition coefficient (Wildman–Crippen LogP) is 2.46. The number of aromatic hydroxyl groups is 2. The second kappa shape index (κ2) is 12.0. The summed E-state index contributed by atoms with van der Waals surface area (Å²) in [6.07, 6.45) is -2.99. The molecule has 0 radical (unpaired) electrons. The quantitative estimate of drug-likeness (QED) is 0.260. The van der Waals surface area contributed by atoms with Gasteiger partial charge in [-0.1, -0.05) is 13.0 Å². The molecule has 2 amide bonds. The number of aromatic nitrogens is 2. The van der Waals surface area contributed by atoms with Gasteiger partial charge in [-0.05, 0) is 25.5 Å². The summed E-state index contributed by atoms with van der Waals surface area (Å²) in [6, 6.07) is 2.49. The normalized spacial score (nSPS) is 14.5. The van der Waals surface area contributed by atoms with Crippen LogP contribution in [0, 0.1) is 6.92 Å². The number of benzene rings is 1. The number of rotatable bonds is 8. The lowest BCUT2D eigenvalue weighted by Gasteiger charge is -2.38. The smallest absolute Gasteiger partial charge is 0.416 e. The third-order valence-corrected chi connectivity index (χ3v) is 6.37. The predicted molar refractivity (Wildman–Crippen MR) is 135 cm³/mol. The number of hydrazone groups is 1. The van der Waals surface area contributed by atoms with Crippen LogP contribution in [-0.4, -0.2) is 86.7 Å². The number of phenols is 1. The molecule has 1 aliphatic rings. The Kier molecular flexibility index (Phi) is 8.99. The molecular weight excluding hydrogens is 519 g/mol. The van der Waals surface area contributed by atoms with Crippen LogP contribution < -0.4 is 5.32 Å². The number of nitrogens with zero attached hydrogens (tertiary/aromatic N) is 6. The zero-order valence-corrected chi connectivity index (χ0v) is 21.8. The molecule has 0 saturated carbocycles. The van der Waals surface area contributed by atoms with Crippen LogP contribution in [-0.2, 0) is 17.5 Å². The summed E-state index contributed by atoms with van der Waals surface area (Å²) in [4.78, 5) is 37.6. The van der Waals surface area contributed by atoms with E-state index >= 15 is 0 Å². The van der Waals surface area contributed by atoms with Crippen LogP contribution in [0.3, 0.4) is 0 Å². The van der Waals surface area contributed by atoms with Crippen molar-refractivity contribution in [3.8, 4) is 11.5 Å². The lowest BCUT2D eigenvalue weighted by atomic mass is 10.1. The number of hydrogen-bond donors (Lipinski definition) is 3. The van der Waals surface area contributed by atoms with E-state index in [9.17, 15) is 33.0 Å². The number of hydrogen-bond acceptors (Lipinski definition) is 9. The standard InChI is InChI=1S/C25H30F3N7O4/c1-5-18(29-3)21(24(39)35(30-4)13-16-6-7-17(12-19(16)36)25(26,27)28)33-8-10-34(11-9-33)23(38)20-22(37)15(2)31-14-32-20/h6-7,12,14,29,36-37H,4-5,8-11,13H2,1-3H3/b21-18+. The van der Waals surface area contributed by atoms with E-state index in [1.165, 1.54) is 11.2 Å². The van der Waals surface area contributed by atoms with Crippen LogP contribution in [0.4, 0.5) is 13.2 Å². The van der Waals surface area contributed by atoms with Crippen LogP contribution in [0.2, 0.25) is 0 Å². The first-order valence-corrected chi connectivity index (χ1v) is 12.1. The van der Waals surface area contributed by atoms with Gasteiger partial charge in [-0.25, -0.2) is 15.0 Å². The van der Waals surface area contributed by atoms with Gasteiger partial charge in [0.2, 0.25) is 0 Å². The minimum atomic E-state index is -4.63. The Balaban J connectivity index is 1.81. The van der Waals surface area contributed by atoms with Crippen LogP contribution in [0.25, 0.3) is 0 Å². The molecule has 1 saturated heterocycles. The number of amides is 2. The first-order chi connectivity index (χ1) is 18.4. The lowest BCUT2D eigenvalue weighted by Crippen LogP contribution is -2.51. The number of halogens is 3. The van der Waals surface area contributed by atoms with Crippen molar-refractivity contribution < 1.29 is 33.0 Å². The monoisotopic (exact) mass is 549 g/mol. The highest BCUT2D eigenvalue weighted by Gasteiger charge is 2.33.